The number of benzene rings is 3. The molecule has 0 saturated carbocycles. The van der Waals surface area contributed by atoms with E-state index in [1.54, 1.807) is 13.1 Å². The first-order valence-corrected chi connectivity index (χ1v) is 12.5. The lowest BCUT2D eigenvalue weighted by molar-refractivity contribution is -0.142. The lowest BCUT2D eigenvalue weighted by atomic mass is 9.98. The first kappa shape index (κ1) is 24.3. The van der Waals surface area contributed by atoms with Crippen molar-refractivity contribution in [2.75, 3.05) is 12.3 Å². The van der Waals surface area contributed by atoms with Gasteiger partial charge in [-0.1, -0.05) is 42.5 Å². The Morgan fingerprint density at radius 2 is 1.86 bits per heavy atom. The Hall–Kier alpha value is -4.39. The van der Waals surface area contributed by atoms with Crippen molar-refractivity contribution in [2.45, 2.75) is 39.8 Å². The number of carbonyl (C=O) groups is 1. The molecule has 7 heteroatoms. The minimum absolute atomic E-state index is 0.161. The molecule has 0 bridgehead atoms. The Balaban J connectivity index is 1.53. The van der Waals surface area contributed by atoms with Gasteiger partial charge in [-0.25, -0.2) is 4.98 Å². The van der Waals surface area contributed by atoms with Gasteiger partial charge in [0.1, 0.15) is 23.9 Å². The minimum atomic E-state index is -0.274. The van der Waals surface area contributed by atoms with Gasteiger partial charge in [-0.2, -0.15) is 5.10 Å². The Bertz CT molecular complexity index is 1590. The van der Waals surface area contributed by atoms with Crippen LogP contribution in [0, 0.1) is 0 Å². The van der Waals surface area contributed by atoms with E-state index in [1.165, 1.54) is 0 Å². The Morgan fingerprint density at radius 1 is 1.03 bits per heavy atom. The fraction of sp³-hybridized carbons (Fsp3) is 0.233. The van der Waals surface area contributed by atoms with Crippen LogP contribution in [0.4, 0.5) is 5.82 Å². The average Bonchev–Trinajstić information content (AvgIpc) is 3.26. The summed E-state index contributed by atoms with van der Waals surface area (Å²) in [6.07, 6.45) is 1.96. The number of nitrogens with two attached hydrogens (primary N) is 1. The smallest absolute Gasteiger partial charge is 0.310 e. The number of hydrogen-bond donors (Lipinski definition) is 1. The molecule has 5 aromatic rings. The third-order valence-electron chi connectivity index (χ3n) is 6.34. The van der Waals surface area contributed by atoms with Gasteiger partial charge in [0, 0.05) is 28.6 Å². The highest BCUT2D eigenvalue weighted by atomic mass is 16.5. The van der Waals surface area contributed by atoms with Gasteiger partial charge < -0.3 is 15.2 Å². The molecule has 0 atom stereocenters. The molecule has 2 N–H and O–H groups in total. The zero-order valence-corrected chi connectivity index (χ0v) is 21.3. The van der Waals surface area contributed by atoms with Crippen LogP contribution in [0.5, 0.6) is 5.75 Å². The van der Waals surface area contributed by atoms with E-state index in [-0.39, 0.29) is 25.0 Å². The van der Waals surface area contributed by atoms with Gasteiger partial charge in [0.15, 0.2) is 0 Å². The Morgan fingerprint density at radius 3 is 2.68 bits per heavy atom. The summed E-state index contributed by atoms with van der Waals surface area (Å²) in [5, 5.41) is 8.01. The molecular formula is C30H30N4O3. The number of nitrogens with zero attached hydrogens (tertiary/aromatic N) is 3. The SMILES string of the molecule is CCOC(=O)Cc1ccccc1OCc1nn(C(C)C)c2ccc(-c3cccc4cnc(N)cc34)cc12. The van der Waals surface area contributed by atoms with Crippen LogP contribution in [0.2, 0.25) is 0 Å². The van der Waals surface area contributed by atoms with Gasteiger partial charge in [-0.3, -0.25) is 9.48 Å². The number of nitrogen functional groups attached to an aromatic ring is 1. The molecule has 0 spiro atoms. The van der Waals surface area contributed by atoms with Crippen molar-refractivity contribution in [1.29, 1.82) is 0 Å². The molecule has 0 aliphatic carbocycles. The second kappa shape index (κ2) is 10.3. The fourth-order valence-electron chi connectivity index (χ4n) is 4.61. The van der Waals surface area contributed by atoms with E-state index in [2.05, 4.69) is 43.1 Å². The van der Waals surface area contributed by atoms with Crippen molar-refractivity contribution < 1.29 is 14.3 Å². The molecule has 0 radical (unpaired) electrons. The molecule has 2 aromatic heterocycles. The molecule has 0 aliphatic heterocycles. The van der Waals surface area contributed by atoms with Crippen LogP contribution in [-0.2, 0) is 22.6 Å². The van der Waals surface area contributed by atoms with E-state index in [1.807, 2.05) is 47.1 Å². The van der Waals surface area contributed by atoms with Crippen molar-refractivity contribution in [3.63, 3.8) is 0 Å². The average molecular weight is 495 g/mol. The number of carbonyl (C=O) groups excluding carboxylic acids is 1. The van der Waals surface area contributed by atoms with Gasteiger partial charge in [-0.05, 0) is 61.5 Å². The van der Waals surface area contributed by atoms with Crippen LogP contribution in [-0.4, -0.2) is 27.3 Å². The lowest BCUT2D eigenvalue weighted by Crippen LogP contribution is -2.09. The summed E-state index contributed by atoms with van der Waals surface area (Å²) < 4.78 is 13.4. The molecule has 0 unspecified atom stereocenters. The quantitative estimate of drug-likeness (QED) is 0.262. The standard InChI is InChI=1S/C30H30N4O3/c1-4-36-30(35)15-21-8-5-6-11-28(21)37-18-26-25-14-20(12-13-27(25)34(33-26)19(2)3)23-10-7-9-22-17-32-29(31)16-24(22)23/h5-14,16-17,19H,4,15,18H2,1-3H3,(H2,31,32). The number of rotatable bonds is 8. The Labute approximate surface area is 215 Å². The van der Waals surface area contributed by atoms with Gasteiger partial charge in [0.05, 0.1) is 18.5 Å². The third kappa shape index (κ3) is 4.98. The van der Waals surface area contributed by atoms with Crippen LogP contribution in [0.3, 0.4) is 0 Å². The highest BCUT2D eigenvalue weighted by Gasteiger charge is 2.17. The van der Waals surface area contributed by atoms with E-state index in [4.69, 9.17) is 20.3 Å². The molecule has 5 rings (SSSR count). The summed E-state index contributed by atoms with van der Waals surface area (Å²) in [6, 6.07) is 22.2. The van der Waals surface area contributed by atoms with Gasteiger partial charge >= 0.3 is 5.97 Å². The van der Waals surface area contributed by atoms with Crippen LogP contribution in [0.25, 0.3) is 32.8 Å². The van der Waals surface area contributed by atoms with Crippen molar-refractivity contribution in [3.8, 4) is 16.9 Å². The first-order valence-electron chi connectivity index (χ1n) is 12.5. The van der Waals surface area contributed by atoms with Crippen molar-refractivity contribution >= 4 is 33.5 Å². The zero-order chi connectivity index (χ0) is 25.9. The molecule has 3 aromatic carbocycles. The van der Waals surface area contributed by atoms with E-state index >= 15 is 0 Å². The number of ether oxygens (including phenoxy) is 2. The van der Waals surface area contributed by atoms with Crippen molar-refractivity contribution in [1.82, 2.24) is 14.8 Å². The molecule has 7 nitrogen and oxygen atoms in total. The minimum Gasteiger partial charge on any atom is -0.487 e. The predicted octanol–water partition coefficient (Wildman–Crippen LogP) is 6.10. The maximum absolute atomic E-state index is 12.1. The van der Waals surface area contributed by atoms with E-state index in [9.17, 15) is 4.79 Å². The van der Waals surface area contributed by atoms with Gasteiger partial charge in [0.2, 0.25) is 0 Å². The summed E-state index contributed by atoms with van der Waals surface area (Å²) in [4.78, 5) is 16.3. The van der Waals surface area contributed by atoms with Crippen molar-refractivity contribution in [2.24, 2.45) is 0 Å². The number of para-hydroxylation sites is 1. The number of fused-ring (bicyclic) bond motifs is 2. The van der Waals surface area contributed by atoms with Gasteiger partial charge in [-0.15, -0.1) is 0 Å². The maximum Gasteiger partial charge on any atom is 0.310 e. The predicted molar refractivity (Wildman–Crippen MR) is 146 cm³/mol. The number of hydrogen-bond acceptors (Lipinski definition) is 6. The number of aromatic nitrogens is 3. The van der Waals surface area contributed by atoms with E-state index in [0.29, 0.717) is 18.2 Å². The first-order chi connectivity index (χ1) is 17.9. The van der Waals surface area contributed by atoms with Crippen LogP contribution in [0.1, 0.15) is 38.1 Å². The topological polar surface area (TPSA) is 92.3 Å². The van der Waals surface area contributed by atoms with Gasteiger partial charge in [0.25, 0.3) is 0 Å². The van der Waals surface area contributed by atoms with Crippen molar-refractivity contribution in [3.05, 3.63) is 84.2 Å². The molecule has 0 aliphatic rings. The highest BCUT2D eigenvalue weighted by molar-refractivity contribution is 5.99. The molecule has 0 amide bonds. The second-order valence-electron chi connectivity index (χ2n) is 9.23. The van der Waals surface area contributed by atoms with E-state index < -0.39 is 0 Å². The van der Waals surface area contributed by atoms with Crippen LogP contribution in [0.15, 0.2) is 72.9 Å². The number of esters is 1. The summed E-state index contributed by atoms with van der Waals surface area (Å²) in [6.45, 7) is 6.64. The number of anilines is 1. The number of pyridine rings is 1. The molecule has 0 saturated heterocycles. The largest absolute Gasteiger partial charge is 0.487 e. The monoisotopic (exact) mass is 494 g/mol. The third-order valence-corrected chi connectivity index (χ3v) is 6.34. The summed E-state index contributed by atoms with van der Waals surface area (Å²) in [5.41, 5.74) is 10.8. The highest BCUT2D eigenvalue weighted by Crippen LogP contribution is 2.33. The molecule has 0 fully saturated rings. The summed E-state index contributed by atoms with van der Waals surface area (Å²) >= 11 is 0. The molecule has 2 heterocycles. The lowest BCUT2D eigenvalue weighted by Gasteiger charge is -2.11. The summed E-state index contributed by atoms with van der Waals surface area (Å²) in [7, 11) is 0. The molecular weight excluding hydrogens is 464 g/mol. The molecule has 188 valence electrons. The van der Waals surface area contributed by atoms with E-state index in [0.717, 1.165) is 44.1 Å². The maximum atomic E-state index is 12.1. The molecule has 37 heavy (non-hydrogen) atoms. The Kier molecular flexibility index (Phi) is 6.77. The normalized spacial score (nSPS) is 11.4. The summed E-state index contributed by atoms with van der Waals surface area (Å²) in [5.74, 6) is 0.865. The van der Waals surface area contributed by atoms with Crippen LogP contribution >= 0.6 is 0 Å². The van der Waals surface area contributed by atoms with Crippen LogP contribution < -0.4 is 10.5 Å². The zero-order valence-electron chi connectivity index (χ0n) is 21.3. The fourth-order valence-corrected chi connectivity index (χ4v) is 4.61. The second-order valence-corrected chi connectivity index (χ2v) is 9.23.